The van der Waals surface area contributed by atoms with E-state index < -0.39 is 0 Å². The summed E-state index contributed by atoms with van der Waals surface area (Å²) in [4.78, 5) is 14.3. The second kappa shape index (κ2) is 8.68. The van der Waals surface area contributed by atoms with E-state index in [2.05, 4.69) is 39.8 Å². The molecule has 1 heterocycles. The summed E-state index contributed by atoms with van der Waals surface area (Å²) in [5.41, 5.74) is 0.393. The molecular weight excluding hydrogens is 278 g/mol. The first-order valence-corrected chi connectivity index (χ1v) is 8.18. The van der Waals surface area contributed by atoms with E-state index in [1.54, 1.807) is 6.07 Å². The zero-order valence-corrected chi connectivity index (χ0v) is 13.6. The molecule has 0 saturated heterocycles. The number of hydrogen-bond donors (Lipinski definition) is 2. The van der Waals surface area contributed by atoms with Gasteiger partial charge in [0.15, 0.2) is 5.69 Å². The lowest BCUT2D eigenvalue weighted by molar-refractivity contribution is 0.0921. The standard InChI is InChI=1S/C16H27N5O/c1-21(2)12-6-11-17-15-10-9-14(19-20-15)16(22)18-13-7-4-3-5-8-13/h9-10,13H,3-8,11-12H2,1-2H3,(H,17,20)(H,18,22). The Bertz CT molecular complexity index is 454. The lowest BCUT2D eigenvalue weighted by atomic mass is 9.95. The van der Waals surface area contributed by atoms with E-state index in [1.807, 2.05) is 6.07 Å². The van der Waals surface area contributed by atoms with E-state index >= 15 is 0 Å². The van der Waals surface area contributed by atoms with E-state index in [4.69, 9.17) is 0 Å². The molecule has 1 amide bonds. The van der Waals surface area contributed by atoms with Crippen molar-refractivity contribution in [3.8, 4) is 0 Å². The fraction of sp³-hybridized carbons (Fsp3) is 0.688. The Labute approximate surface area is 132 Å². The Hall–Kier alpha value is -1.69. The maximum atomic E-state index is 12.1. The monoisotopic (exact) mass is 305 g/mol. The Morgan fingerprint density at radius 3 is 2.64 bits per heavy atom. The van der Waals surface area contributed by atoms with Crippen LogP contribution in [0.1, 0.15) is 49.0 Å². The predicted octanol–water partition coefficient (Wildman–Crippen LogP) is 1.90. The summed E-state index contributed by atoms with van der Waals surface area (Å²) in [7, 11) is 4.11. The summed E-state index contributed by atoms with van der Waals surface area (Å²) < 4.78 is 0. The highest BCUT2D eigenvalue weighted by Gasteiger charge is 2.17. The van der Waals surface area contributed by atoms with Crippen LogP contribution in [0.4, 0.5) is 5.82 Å². The molecule has 6 heteroatoms. The van der Waals surface area contributed by atoms with Crippen LogP contribution >= 0.6 is 0 Å². The van der Waals surface area contributed by atoms with Crippen molar-refractivity contribution in [2.24, 2.45) is 0 Å². The highest BCUT2D eigenvalue weighted by molar-refractivity contribution is 5.92. The van der Waals surface area contributed by atoms with Crippen LogP contribution in [-0.2, 0) is 0 Å². The molecule has 2 rings (SSSR count). The normalized spacial score (nSPS) is 15.8. The molecule has 1 saturated carbocycles. The number of amides is 1. The molecule has 1 aliphatic rings. The van der Waals surface area contributed by atoms with Crippen LogP contribution < -0.4 is 10.6 Å². The number of rotatable bonds is 7. The van der Waals surface area contributed by atoms with Crippen LogP contribution in [0, 0.1) is 0 Å². The molecule has 6 nitrogen and oxygen atoms in total. The molecule has 0 spiro atoms. The minimum absolute atomic E-state index is 0.112. The predicted molar refractivity (Wildman–Crippen MR) is 88.0 cm³/mol. The Kier molecular flexibility index (Phi) is 6.58. The van der Waals surface area contributed by atoms with Crippen molar-refractivity contribution in [2.75, 3.05) is 32.5 Å². The zero-order valence-electron chi connectivity index (χ0n) is 13.6. The SMILES string of the molecule is CN(C)CCCNc1ccc(C(=O)NC2CCCCC2)nn1. The van der Waals surface area contributed by atoms with Gasteiger partial charge >= 0.3 is 0 Å². The summed E-state index contributed by atoms with van der Waals surface area (Å²) in [5, 5.41) is 14.4. The van der Waals surface area contributed by atoms with E-state index in [-0.39, 0.29) is 5.91 Å². The molecule has 1 aliphatic carbocycles. The van der Waals surface area contributed by atoms with Gasteiger partial charge in [-0.15, -0.1) is 10.2 Å². The number of anilines is 1. The number of carbonyl (C=O) groups is 1. The Balaban J connectivity index is 1.76. The van der Waals surface area contributed by atoms with Gasteiger partial charge in [-0.25, -0.2) is 0 Å². The van der Waals surface area contributed by atoms with Crippen LogP contribution in [0.5, 0.6) is 0 Å². The number of nitrogens with zero attached hydrogens (tertiary/aromatic N) is 3. The van der Waals surface area contributed by atoms with Gasteiger partial charge in [-0.2, -0.15) is 0 Å². The van der Waals surface area contributed by atoms with Gasteiger partial charge in [0.05, 0.1) is 0 Å². The van der Waals surface area contributed by atoms with Crippen LogP contribution in [0.3, 0.4) is 0 Å². The van der Waals surface area contributed by atoms with Crippen molar-refractivity contribution in [3.63, 3.8) is 0 Å². The summed E-state index contributed by atoms with van der Waals surface area (Å²) >= 11 is 0. The van der Waals surface area contributed by atoms with Crippen LogP contribution in [0.15, 0.2) is 12.1 Å². The molecule has 0 bridgehead atoms. The van der Waals surface area contributed by atoms with Crippen LogP contribution in [0.2, 0.25) is 0 Å². The largest absolute Gasteiger partial charge is 0.369 e. The number of hydrogen-bond acceptors (Lipinski definition) is 5. The lowest BCUT2D eigenvalue weighted by Crippen LogP contribution is -2.36. The van der Waals surface area contributed by atoms with Crippen molar-refractivity contribution in [1.82, 2.24) is 20.4 Å². The molecule has 0 unspecified atom stereocenters. The van der Waals surface area contributed by atoms with Gasteiger partial charge in [0.25, 0.3) is 5.91 Å². The second-order valence-electron chi connectivity index (χ2n) is 6.20. The Morgan fingerprint density at radius 2 is 2.00 bits per heavy atom. The highest BCUT2D eigenvalue weighted by atomic mass is 16.2. The quantitative estimate of drug-likeness (QED) is 0.753. The molecule has 1 aromatic heterocycles. The third-order valence-corrected chi connectivity index (χ3v) is 3.93. The number of nitrogens with one attached hydrogen (secondary N) is 2. The third kappa shape index (κ3) is 5.60. The minimum atomic E-state index is -0.112. The fourth-order valence-corrected chi connectivity index (χ4v) is 2.67. The first-order valence-electron chi connectivity index (χ1n) is 8.18. The average Bonchev–Trinajstić information content (AvgIpc) is 2.53. The van der Waals surface area contributed by atoms with Crippen molar-refractivity contribution in [2.45, 2.75) is 44.6 Å². The van der Waals surface area contributed by atoms with E-state index in [1.165, 1.54) is 19.3 Å². The van der Waals surface area contributed by atoms with Gasteiger partial charge in [0, 0.05) is 12.6 Å². The number of carbonyl (C=O) groups excluding carboxylic acids is 1. The summed E-state index contributed by atoms with van der Waals surface area (Å²) in [6, 6.07) is 3.85. The van der Waals surface area contributed by atoms with Crippen LogP contribution in [-0.4, -0.2) is 54.2 Å². The van der Waals surface area contributed by atoms with Crippen molar-refractivity contribution in [1.29, 1.82) is 0 Å². The zero-order chi connectivity index (χ0) is 15.8. The molecule has 122 valence electrons. The van der Waals surface area contributed by atoms with Gasteiger partial charge in [0.2, 0.25) is 0 Å². The lowest BCUT2D eigenvalue weighted by Gasteiger charge is -2.22. The highest BCUT2D eigenvalue weighted by Crippen LogP contribution is 2.17. The molecular formula is C16H27N5O. The minimum Gasteiger partial charge on any atom is -0.369 e. The van der Waals surface area contributed by atoms with Crippen molar-refractivity contribution >= 4 is 11.7 Å². The molecule has 0 radical (unpaired) electrons. The maximum Gasteiger partial charge on any atom is 0.272 e. The Morgan fingerprint density at radius 1 is 1.23 bits per heavy atom. The van der Waals surface area contributed by atoms with E-state index in [9.17, 15) is 4.79 Å². The van der Waals surface area contributed by atoms with Gasteiger partial charge in [-0.3, -0.25) is 4.79 Å². The maximum absolute atomic E-state index is 12.1. The third-order valence-electron chi connectivity index (χ3n) is 3.93. The van der Waals surface area contributed by atoms with Crippen LogP contribution in [0.25, 0.3) is 0 Å². The molecule has 1 aromatic rings. The smallest absolute Gasteiger partial charge is 0.272 e. The molecule has 22 heavy (non-hydrogen) atoms. The first-order chi connectivity index (χ1) is 10.6. The van der Waals surface area contributed by atoms with Crippen molar-refractivity contribution in [3.05, 3.63) is 17.8 Å². The summed E-state index contributed by atoms with van der Waals surface area (Å²) in [6.07, 6.45) is 6.87. The molecule has 0 aromatic carbocycles. The molecule has 2 N–H and O–H groups in total. The van der Waals surface area contributed by atoms with Gasteiger partial charge in [-0.05, 0) is 52.0 Å². The summed E-state index contributed by atoms with van der Waals surface area (Å²) in [5.74, 6) is 0.603. The molecule has 0 aliphatic heterocycles. The van der Waals surface area contributed by atoms with Gasteiger partial charge in [0.1, 0.15) is 5.82 Å². The molecule has 0 atom stereocenters. The molecule has 1 fully saturated rings. The number of aromatic nitrogens is 2. The van der Waals surface area contributed by atoms with Gasteiger partial charge in [-0.1, -0.05) is 19.3 Å². The average molecular weight is 305 g/mol. The first kappa shape index (κ1) is 16.7. The van der Waals surface area contributed by atoms with Gasteiger partial charge < -0.3 is 15.5 Å². The fourth-order valence-electron chi connectivity index (χ4n) is 2.67. The van der Waals surface area contributed by atoms with Crippen molar-refractivity contribution < 1.29 is 4.79 Å². The topological polar surface area (TPSA) is 70.2 Å². The summed E-state index contributed by atoms with van der Waals surface area (Å²) in [6.45, 7) is 1.88. The van der Waals surface area contributed by atoms with E-state index in [0.717, 1.165) is 32.4 Å². The second-order valence-corrected chi connectivity index (χ2v) is 6.20. The van der Waals surface area contributed by atoms with E-state index in [0.29, 0.717) is 17.6 Å².